The highest BCUT2D eigenvalue weighted by Gasteiger charge is 2.30. The summed E-state index contributed by atoms with van der Waals surface area (Å²) in [6.07, 6.45) is 2.10. The number of carboxylic acid groups (broad SMARTS) is 1. The average Bonchev–Trinajstić information content (AvgIpc) is 2.28. The minimum atomic E-state index is -0.976. The third-order valence-electron chi connectivity index (χ3n) is 3.59. The molecule has 0 radical (unpaired) electrons. The lowest BCUT2D eigenvalue weighted by molar-refractivity contribution is -0.140. The topological polar surface area (TPSA) is 69.6 Å². The molecule has 0 aromatic heterocycles. The molecule has 1 aliphatic heterocycles. The fourth-order valence-electron chi connectivity index (χ4n) is 2.30. The zero-order valence-corrected chi connectivity index (χ0v) is 11.6. The van der Waals surface area contributed by atoms with Crippen LogP contribution in [0.1, 0.15) is 40.5 Å². The van der Waals surface area contributed by atoms with E-state index in [4.69, 9.17) is 5.11 Å². The first-order chi connectivity index (χ1) is 8.32. The first-order valence-electron chi connectivity index (χ1n) is 6.62. The summed E-state index contributed by atoms with van der Waals surface area (Å²) in [6.45, 7) is 8.42. The Bertz CT molecular complexity index is 317. The number of piperidine rings is 1. The highest BCUT2D eigenvalue weighted by atomic mass is 16.4. The maximum Gasteiger partial charge on any atom is 0.326 e. The van der Waals surface area contributed by atoms with E-state index in [0.29, 0.717) is 12.5 Å². The average molecular weight is 256 g/mol. The van der Waals surface area contributed by atoms with E-state index in [1.165, 1.54) is 0 Å². The molecule has 2 N–H and O–H groups in total. The molecule has 1 rings (SSSR count). The molecule has 2 amide bonds. The Labute approximate surface area is 109 Å². The van der Waals surface area contributed by atoms with E-state index in [-0.39, 0.29) is 18.0 Å². The van der Waals surface area contributed by atoms with E-state index in [1.807, 2.05) is 6.92 Å². The smallest absolute Gasteiger partial charge is 0.326 e. The van der Waals surface area contributed by atoms with Crippen LogP contribution in [0.25, 0.3) is 0 Å². The van der Waals surface area contributed by atoms with Crippen LogP contribution >= 0.6 is 0 Å². The van der Waals surface area contributed by atoms with Crippen molar-refractivity contribution in [1.29, 1.82) is 0 Å². The number of amides is 2. The lowest BCUT2D eigenvalue weighted by Crippen LogP contribution is -2.54. The Kier molecular flexibility index (Phi) is 4.99. The van der Waals surface area contributed by atoms with Crippen LogP contribution in [0.3, 0.4) is 0 Å². The molecule has 18 heavy (non-hydrogen) atoms. The molecule has 0 bridgehead atoms. The van der Waals surface area contributed by atoms with Gasteiger partial charge in [0.05, 0.1) is 0 Å². The van der Waals surface area contributed by atoms with E-state index in [2.05, 4.69) is 12.2 Å². The highest BCUT2D eigenvalue weighted by molar-refractivity contribution is 5.83. The molecule has 3 atom stereocenters. The summed E-state index contributed by atoms with van der Waals surface area (Å²) in [4.78, 5) is 25.0. The molecule has 104 valence electrons. The second kappa shape index (κ2) is 6.07. The number of carboxylic acids is 1. The molecule has 1 aliphatic rings. The molecule has 5 heteroatoms. The molecule has 0 spiro atoms. The zero-order valence-electron chi connectivity index (χ0n) is 11.6. The summed E-state index contributed by atoms with van der Waals surface area (Å²) >= 11 is 0. The van der Waals surface area contributed by atoms with Gasteiger partial charge in [-0.2, -0.15) is 0 Å². The fourth-order valence-corrected chi connectivity index (χ4v) is 2.30. The number of rotatable bonds is 3. The Morgan fingerprint density at radius 3 is 2.39 bits per heavy atom. The maximum absolute atomic E-state index is 12.1. The fraction of sp³-hybridized carbons (Fsp3) is 0.846. The largest absolute Gasteiger partial charge is 0.480 e. The van der Waals surface area contributed by atoms with E-state index < -0.39 is 12.0 Å². The first kappa shape index (κ1) is 14.8. The maximum atomic E-state index is 12.1. The Morgan fingerprint density at radius 2 is 1.89 bits per heavy atom. The third-order valence-corrected chi connectivity index (χ3v) is 3.59. The van der Waals surface area contributed by atoms with Gasteiger partial charge in [0.25, 0.3) is 0 Å². The minimum absolute atomic E-state index is 0.121. The molecule has 1 heterocycles. The standard InChI is InChI=1S/C13H24N2O3/c1-8(2)11(12(16)17)14-13(18)15-7-9(3)5-6-10(15)4/h8-11H,5-7H2,1-4H3,(H,14,18)(H,16,17). The summed E-state index contributed by atoms with van der Waals surface area (Å²) in [5, 5.41) is 11.7. The first-order valence-corrected chi connectivity index (χ1v) is 6.62. The zero-order chi connectivity index (χ0) is 13.9. The van der Waals surface area contributed by atoms with Crippen molar-refractivity contribution in [2.75, 3.05) is 6.54 Å². The van der Waals surface area contributed by atoms with Crippen LogP contribution in [-0.4, -0.2) is 40.6 Å². The summed E-state index contributed by atoms with van der Waals surface area (Å²) in [7, 11) is 0. The second-order valence-electron chi connectivity index (χ2n) is 5.69. The Balaban J connectivity index is 2.65. The van der Waals surface area contributed by atoms with E-state index in [9.17, 15) is 9.59 Å². The van der Waals surface area contributed by atoms with Crippen molar-refractivity contribution in [3.63, 3.8) is 0 Å². The van der Waals surface area contributed by atoms with Gasteiger partial charge in [-0.3, -0.25) is 0 Å². The molecule has 0 aromatic rings. The molecule has 0 saturated carbocycles. The minimum Gasteiger partial charge on any atom is -0.480 e. The van der Waals surface area contributed by atoms with Gasteiger partial charge in [-0.25, -0.2) is 9.59 Å². The van der Waals surface area contributed by atoms with E-state index in [0.717, 1.165) is 12.8 Å². The summed E-state index contributed by atoms with van der Waals surface area (Å²) < 4.78 is 0. The quantitative estimate of drug-likeness (QED) is 0.810. The number of hydrogen-bond acceptors (Lipinski definition) is 2. The number of likely N-dealkylation sites (tertiary alicyclic amines) is 1. The summed E-state index contributed by atoms with van der Waals surface area (Å²) in [5.41, 5.74) is 0. The monoisotopic (exact) mass is 256 g/mol. The van der Waals surface area contributed by atoms with Crippen LogP contribution in [0.2, 0.25) is 0 Å². The van der Waals surface area contributed by atoms with Crippen LogP contribution in [0.4, 0.5) is 4.79 Å². The van der Waals surface area contributed by atoms with Crippen LogP contribution in [-0.2, 0) is 4.79 Å². The molecular weight excluding hydrogens is 232 g/mol. The van der Waals surface area contributed by atoms with E-state index in [1.54, 1.807) is 18.7 Å². The van der Waals surface area contributed by atoms with Gasteiger partial charge in [-0.1, -0.05) is 20.8 Å². The second-order valence-corrected chi connectivity index (χ2v) is 5.69. The van der Waals surface area contributed by atoms with Crippen molar-refractivity contribution in [3.05, 3.63) is 0 Å². The van der Waals surface area contributed by atoms with Gasteiger partial charge >= 0.3 is 12.0 Å². The molecule has 1 saturated heterocycles. The summed E-state index contributed by atoms with van der Waals surface area (Å²) in [6, 6.07) is -0.889. The number of carbonyl (C=O) groups excluding carboxylic acids is 1. The SMILES string of the molecule is CC1CCC(C)N(C(=O)NC(C(=O)O)C(C)C)C1. The van der Waals surface area contributed by atoms with Crippen molar-refractivity contribution in [1.82, 2.24) is 10.2 Å². The molecule has 3 unspecified atom stereocenters. The molecular formula is C13H24N2O3. The normalized spacial score (nSPS) is 25.9. The summed E-state index contributed by atoms with van der Waals surface area (Å²) in [5.74, 6) is -0.616. The van der Waals surface area contributed by atoms with Gasteiger partial charge in [-0.15, -0.1) is 0 Å². The number of carbonyl (C=O) groups is 2. The third kappa shape index (κ3) is 3.62. The van der Waals surface area contributed by atoms with Crippen LogP contribution in [0, 0.1) is 11.8 Å². The van der Waals surface area contributed by atoms with Crippen LogP contribution in [0.5, 0.6) is 0 Å². The highest BCUT2D eigenvalue weighted by Crippen LogP contribution is 2.21. The predicted octanol–water partition coefficient (Wildman–Crippen LogP) is 1.93. The number of urea groups is 1. The molecule has 1 fully saturated rings. The predicted molar refractivity (Wildman–Crippen MR) is 69.4 cm³/mol. The number of hydrogen-bond donors (Lipinski definition) is 2. The van der Waals surface area contributed by atoms with Gasteiger partial charge in [-0.05, 0) is 31.6 Å². The van der Waals surface area contributed by atoms with E-state index >= 15 is 0 Å². The van der Waals surface area contributed by atoms with Gasteiger partial charge in [0, 0.05) is 12.6 Å². The molecule has 0 aromatic carbocycles. The lowest BCUT2D eigenvalue weighted by Gasteiger charge is -2.37. The van der Waals surface area contributed by atoms with Crippen molar-refractivity contribution < 1.29 is 14.7 Å². The van der Waals surface area contributed by atoms with Crippen molar-refractivity contribution in [2.24, 2.45) is 11.8 Å². The van der Waals surface area contributed by atoms with Crippen LogP contribution < -0.4 is 5.32 Å². The van der Waals surface area contributed by atoms with Gasteiger partial charge in [0.1, 0.15) is 6.04 Å². The number of nitrogens with zero attached hydrogens (tertiary/aromatic N) is 1. The Hall–Kier alpha value is -1.26. The van der Waals surface area contributed by atoms with Gasteiger partial charge in [0.15, 0.2) is 0 Å². The Morgan fingerprint density at radius 1 is 1.28 bits per heavy atom. The van der Waals surface area contributed by atoms with Crippen molar-refractivity contribution >= 4 is 12.0 Å². The van der Waals surface area contributed by atoms with Gasteiger partial charge in [0.2, 0.25) is 0 Å². The molecule has 0 aliphatic carbocycles. The number of nitrogens with one attached hydrogen (secondary N) is 1. The molecule has 5 nitrogen and oxygen atoms in total. The van der Waals surface area contributed by atoms with Gasteiger partial charge < -0.3 is 15.3 Å². The number of aliphatic carboxylic acids is 1. The van der Waals surface area contributed by atoms with Crippen molar-refractivity contribution in [2.45, 2.75) is 52.6 Å². The lowest BCUT2D eigenvalue weighted by atomic mass is 9.95. The van der Waals surface area contributed by atoms with Crippen molar-refractivity contribution in [3.8, 4) is 0 Å². The van der Waals surface area contributed by atoms with Crippen LogP contribution in [0.15, 0.2) is 0 Å².